The second kappa shape index (κ2) is 10.8. The van der Waals surface area contributed by atoms with Crippen molar-refractivity contribution in [3.05, 3.63) is 96.1 Å². The molecule has 1 N–H and O–H groups in total. The summed E-state index contributed by atoms with van der Waals surface area (Å²) in [6, 6.07) is 22.3. The van der Waals surface area contributed by atoms with Crippen LogP contribution in [0.2, 0.25) is 0 Å². The summed E-state index contributed by atoms with van der Waals surface area (Å²) in [6.07, 6.45) is 0.693. The van der Waals surface area contributed by atoms with E-state index in [1.807, 2.05) is 70.5 Å². The smallest absolute Gasteiger partial charge is 0.254 e. The Hall–Kier alpha value is -4.17. The van der Waals surface area contributed by atoms with E-state index in [1.54, 1.807) is 0 Å². The number of carbonyl (C=O) groups is 2. The van der Waals surface area contributed by atoms with Crippen LogP contribution in [0.15, 0.2) is 78.9 Å². The van der Waals surface area contributed by atoms with Crippen molar-refractivity contribution in [2.24, 2.45) is 0 Å². The molecule has 0 saturated carbocycles. The van der Waals surface area contributed by atoms with Gasteiger partial charge in [0.25, 0.3) is 5.91 Å². The number of fused-ring (bicyclic) bond motifs is 1. The van der Waals surface area contributed by atoms with Crippen LogP contribution in [0.3, 0.4) is 0 Å². The number of anilines is 1. The van der Waals surface area contributed by atoms with Crippen LogP contribution in [0.25, 0.3) is 22.2 Å². The van der Waals surface area contributed by atoms with Crippen molar-refractivity contribution in [1.82, 2.24) is 14.8 Å². The molecule has 2 amide bonds. The predicted octanol–water partition coefficient (Wildman–Crippen LogP) is 4.97. The van der Waals surface area contributed by atoms with Crippen molar-refractivity contribution in [3.63, 3.8) is 0 Å². The van der Waals surface area contributed by atoms with Gasteiger partial charge in [-0.3, -0.25) is 14.5 Å². The minimum Gasteiger partial charge on any atom is -0.337 e. The Bertz CT molecular complexity index is 1440. The number of para-hydroxylation sites is 1. The lowest BCUT2D eigenvalue weighted by molar-refractivity contribution is -0.117. The van der Waals surface area contributed by atoms with Gasteiger partial charge in [0.15, 0.2) is 0 Å². The summed E-state index contributed by atoms with van der Waals surface area (Å²) < 4.78 is 27.0. The van der Waals surface area contributed by atoms with Crippen LogP contribution in [0.4, 0.5) is 14.5 Å². The summed E-state index contributed by atoms with van der Waals surface area (Å²) in [5.41, 5.74) is 2.98. The maximum absolute atomic E-state index is 13.9. The number of nitrogens with one attached hydrogen (secondary N) is 1. The molecule has 3 aromatic carbocycles. The highest BCUT2D eigenvalue weighted by Gasteiger charge is 2.24. The lowest BCUT2D eigenvalue weighted by atomic mass is 10.0. The van der Waals surface area contributed by atoms with Crippen molar-refractivity contribution in [2.45, 2.75) is 6.42 Å². The minimum absolute atomic E-state index is 0.0508. The molecule has 0 radical (unpaired) electrons. The number of nitrogens with zero attached hydrogens (tertiary/aromatic N) is 3. The zero-order chi connectivity index (χ0) is 25.8. The number of hydrogen-bond donors (Lipinski definition) is 1. The zero-order valence-electron chi connectivity index (χ0n) is 20.2. The molecule has 0 unspecified atom stereocenters. The lowest BCUT2D eigenvalue weighted by Gasteiger charge is -2.23. The van der Waals surface area contributed by atoms with E-state index >= 15 is 0 Å². The fraction of sp³-hybridized carbons (Fsp3) is 0.207. The number of amides is 2. The van der Waals surface area contributed by atoms with Crippen LogP contribution in [0.1, 0.15) is 16.8 Å². The van der Waals surface area contributed by atoms with Crippen molar-refractivity contribution in [1.29, 1.82) is 0 Å². The third-order valence-corrected chi connectivity index (χ3v) is 6.46. The molecule has 5 rings (SSSR count). The Balaban J connectivity index is 1.30. The molecular formula is C29H26F2N4O2. The number of rotatable bonds is 5. The summed E-state index contributed by atoms with van der Waals surface area (Å²) in [5.74, 6) is -1.99. The van der Waals surface area contributed by atoms with E-state index in [0.717, 1.165) is 34.3 Å². The molecular weight excluding hydrogens is 474 g/mol. The lowest BCUT2D eigenvalue weighted by Crippen LogP contribution is -2.38. The molecule has 0 bridgehead atoms. The van der Waals surface area contributed by atoms with Gasteiger partial charge in [-0.15, -0.1) is 0 Å². The van der Waals surface area contributed by atoms with Gasteiger partial charge in [0.2, 0.25) is 5.91 Å². The molecule has 0 atom stereocenters. The van der Waals surface area contributed by atoms with E-state index in [9.17, 15) is 18.4 Å². The van der Waals surface area contributed by atoms with E-state index < -0.39 is 17.5 Å². The van der Waals surface area contributed by atoms with Gasteiger partial charge in [-0.2, -0.15) is 0 Å². The largest absolute Gasteiger partial charge is 0.337 e. The van der Waals surface area contributed by atoms with Crippen LogP contribution in [-0.2, 0) is 4.79 Å². The van der Waals surface area contributed by atoms with Crippen molar-refractivity contribution >= 4 is 28.4 Å². The first-order valence-corrected chi connectivity index (χ1v) is 12.2. The first-order chi connectivity index (χ1) is 18.0. The van der Waals surface area contributed by atoms with Gasteiger partial charge in [-0.1, -0.05) is 48.5 Å². The topological polar surface area (TPSA) is 65.5 Å². The molecule has 1 fully saturated rings. The van der Waals surface area contributed by atoms with Gasteiger partial charge in [0, 0.05) is 43.2 Å². The highest BCUT2D eigenvalue weighted by atomic mass is 19.1. The monoisotopic (exact) mass is 500 g/mol. The van der Waals surface area contributed by atoms with Crippen LogP contribution >= 0.6 is 0 Å². The molecule has 1 aromatic heterocycles. The Kier molecular flexibility index (Phi) is 7.18. The average Bonchev–Trinajstić information content (AvgIpc) is 3.15. The van der Waals surface area contributed by atoms with Crippen molar-refractivity contribution in [3.8, 4) is 11.3 Å². The fourth-order valence-electron chi connectivity index (χ4n) is 4.60. The van der Waals surface area contributed by atoms with Crippen LogP contribution in [-0.4, -0.2) is 59.3 Å². The second-order valence-corrected chi connectivity index (χ2v) is 9.03. The Labute approximate surface area is 213 Å². The molecule has 0 spiro atoms. The molecule has 1 saturated heterocycles. The summed E-state index contributed by atoms with van der Waals surface area (Å²) >= 11 is 0. The third-order valence-electron chi connectivity index (χ3n) is 6.46. The van der Waals surface area contributed by atoms with E-state index in [4.69, 9.17) is 4.98 Å². The number of hydrogen-bond acceptors (Lipinski definition) is 4. The van der Waals surface area contributed by atoms with E-state index in [2.05, 4.69) is 5.32 Å². The Morgan fingerprint density at radius 3 is 2.46 bits per heavy atom. The molecule has 188 valence electrons. The van der Waals surface area contributed by atoms with Gasteiger partial charge in [0.05, 0.1) is 29.0 Å². The van der Waals surface area contributed by atoms with Gasteiger partial charge in [-0.05, 0) is 30.7 Å². The highest BCUT2D eigenvalue weighted by Crippen LogP contribution is 2.26. The summed E-state index contributed by atoms with van der Waals surface area (Å²) in [6.45, 7) is 2.18. The van der Waals surface area contributed by atoms with Crippen molar-refractivity contribution < 1.29 is 18.4 Å². The van der Waals surface area contributed by atoms with E-state index in [-0.39, 0.29) is 18.1 Å². The molecule has 8 heteroatoms. The van der Waals surface area contributed by atoms with Crippen LogP contribution in [0, 0.1) is 11.6 Å². The van der Waals surface area contributed by atoms with Crippen LogP contribution < -0.4 is 5.32 Å². The predicted molar refractivity (Wildman–Crippen MR) is 139 cm³/mol. The number of aromatic nitrogens is 1. The third kappa shape index (κ3) is 5.65. The maximum Gasteiger partial charge on any atom is 0.254 e. The average molecular weight is 501 g/mol. The van der Waals surface area contributed by atoms with Crippen LogP contribution in [0.5, 0.6) is 0 Å². The summed E-state index contributed by atoms with van der Waals surface area (Å²) in [7, 11) is 0. The van der Waals surface area contributed by atoms with E-state index in [1.165, 1.54) is 6.07 Å². The molecule has 6 nitrogen and oxygen atoms in total. The standard InChI is InChI=1S/C29H26F2N4O2/c30-21-11-12-26(24(31)17-21)33-28(36)19-34-13-6-14-35(16-15-34)29(37)23-18-27(20-7-2-1-3-8-20)32-25-10-5-4-9-22(23)25/h1-5,7-12,17-18H,6,13-16,19H2,(H,33,36). The number of benzene rings is 3. The van der Waals surface area contributed by atoms with Gasteiger partial charge in [-0.25, -0.2) is 13.8 Å². The summed E-state index contributed by atoms with van der Waals surface area (Å²) in [5, 5.41) is 3.30. The normalized spacial score (nSPS) is 14.4. The number of pyridine rings is 1. The quantitative estimate of drug-likeness (QED) is 0.421. The first-order valence-electron chi connectivity index (χ1n) is 12.2. The highest BCUT2D eigenvalue weighted by molar-refractivity contribution is 6.07. The second-order valence-electron chi connectivity index (χ2n) is 9.03. The Morgan fingerprint density at radius 1 is 0.865 bits per heavy atom. The van der Waals surface area contributed by atoms with Crippen molar-refractivity contribution in [2.75, 3.05) is 38.0 Å². The van der Waals surface area contributed by atoms with Gasteiger partial charge >= 0.3 is 0 Å². The zero-order valence-corrected chi connectivity index (χ0v) is 20.2. The Morgan fingerprint density at radius 2 is 1.65 bits per heavy atom. The molecule has 1 aliphatic rings. The molecule has 37 heavy (non-hydrogen) atoms. The number of carbonyl (C=O) groups excluding carboxylic acids is 2. The van der Waals surface area contributed by atoms with Gasteiger partial charge in [0.1, 0.15) is 11.6 Å². The number of halogens is 2. The minimum atomic E-state index is -0.819. The SMILES string of the molecule is O=C(CN1CCCN(C(=O)c2cc(-c3ccccc3)nc3ccccc23)CC1)Nc1ccc(F)cc1F. The fourth-order valence-corrected chi connectivity index (χ4v) is 4.60. The molecule has 1 aliphatic heterocycles. The van der Waals surface area contributed by atoms with E-state index in [0.29, 0.717) is 38.2 Å². The van der Waals surface area contributed by atoms with Gasteiger partial charge < -0.3 is 10.2 Å². The molecule has 0 aliphatic carbocycles. The summed E-state index contributed by atoms with van der Waals surface area (Å²) in [4.78, 5) is 34.7. The maximum atomic E-state index is 13.9. The molecule has 4 aromatic rings. The molecule has 2 heterocycles. The first kappa shape index (κ1) is 24.5.